The highest BCUT2D eigenvalue weighted by atomic mass is 32.2. The standard InChI is InChI=1S/C20H25N3O5S/c1-14-4-2-3-7-23(14)20(25)17-13-19(24)21-18-6-5-15(12-16(17)18)29(26,27)22-8-10-28-11-9-22/h5-6,12-14H,2-4,7-11H2,1H3,(H,21,24). The number of hydrogen-bond donors (Lipinski definition) is 1. The van der Waals surface area contributed by atoms with Gasteiger partial charge < -0.3 is 14.6 Å². The molecule has 0 bridgehead atoms. The number of nitrogens with zero attached hydrogens (tertiary/aromatic N) is 2. The van der Waals surface area contributed by atoms with Crippen molar-refractivity contribution in [3.63, 3.8) is 0 Å². The summed E-state index contributed by atoms with van der Waals surface area (Å²) in [5.74, 6) is -0.228. The fourth-order valence-corrected chi connectivity index (χ4v) is 5.50. The number of ether oxygens (including phenoxy) is 1. The van der Waals surface area contributed by atoms with Crippen molar-refractivity contribution >= 4 is 26.8 Å². The Kier molecular flexibility index (Phi) is 5.46. The van der Waals surface area contributed by atoms with Crippen LogP contribution in [0.5, 0.6) is 0 Å². The predicted molar refractivity (Wildman–Crippen MR) is 108 cm³/mol. The SMILES string of the molecule is CC1CCCCN1C(=O)c1cc(=O)[nH]c2ccc(S(=O)(=O)N3CCOCC3)cc12. The molecule has 29 heavy (non-hydrogen) atoms. The molecular formula is C20H25N3O5S. The van der Waals surface area contributed by atoms with Crippen LogP contribution in [0, 0.1) is 0 Å². The van der Waals surface area contributed by atoms with Crippen LogP contribution in [-0.2, 0) is 14.8 Å². The highest BCUT2D eigenvalue weighted by Crippen LogP contribution is 2.26. The normalized spacial score (nSPS) is 21.4. The molecule has 8 nitrogen and oxygen atoms in total. The van der Waals surface area contributed by atoms with Gasteiger partial charge in [0.25, 0.3) is 5.91 Å². The second-order valence-electron chi connectivity index (χ2n) is 7.61. The van der Waals surface area contributed by atoms with E-state index in [1.54, 1.807) is 11.0 Å². The Morgan fingerprint density at radius 1 is 1.14 bits per heavy atom. The maximum atomic E-state index is 13.2. The summed E-state index contributed by atoms with van der Waals surface area (Å²) < 4.78 is 32.7. The molecule has 1 aromatic heterocycles. The van der Waals surface area contributed by atoms with Gasteiger partial charge in [-0.05, 0) is 44.4 Å². The molecule has 0 aliphatic carbocycles. The van der Waals surface area contributed by atoms with Crippen LogP contribution in [0.25, 0.3) is 10.9 Å². The van der Waals surface area contributed by atoms with Gasteiger partial charge in [-0.25, -0.2) is 8.42 Å². The minimum Gasteiger partial charge on any atom is -0.379 e. The zero-order valence-corrected chi connectivity index (χ0v) is 17.2. The molecule has 1 amide bonds. The minimum atomic E-state index is -3.71. The molecule has 0 radical (unpaired) electrons. The maximum absolute atomic E-state index is 13.2. The van der Waals surface area contributed by atoms with Crippen molar-refractivity contribution in [1.29, 1.82) is 0 Å². The number of likely N-dealkylation sites (tertiary alicyclic amines) is 1. The van der Waals surface area contributed by atoms with Crippen molar-refractivity contribution < 1.29 is 17.9 Å². The second kappa shape index (κ2) is 7.89. The molecule has 0 saturated carbocycles. The van der Waals surface area contributed by atoms with Crippen LogP contribution in [0.2, 0.25) is 0 Å². The largest absolute Gasteiger partial charge is 0.379 e. The Morgan fingerprint density at radius 2 is 1.90 bits per heavy atom. The van der Waals surface area contributed by atoms with E-state index in [1.165, 1.54) is 22.5 Å². The first-order valence-electron chi connectivity index (χ1n) is 9.94. The third kappa shape index (κ3) is 3.82. The van der Waals surface area contributed by atoms with Gasteiger partial charge in [0.05, 0.1) is 23.7 Å². The Labute approximate surface area is 169 Å². The number of fused-ring (bicyclic) bond motifs is 1. The van der Waals surface area contributed by atoms with Gasteiger partial charge in [-0.3, -0.25) is 9.59 Å². The van der Waals surface area contributed by atoms with Gasteiger partial charge in [-0.1, -0.05) is 0 Å². The van der Waals surface area contributed by atoms with Crippen molar-refractivity contribution in [2.45, 2.75) is 37.1 Å². The van der Waals surface area contributed by atoms with Crippen LogP contribution in [0.1, 0.15) is 36.5 Å². The molecule has 1 aromatic carbocycles. The predicted octanol–water partition coefficient (Wildman–Crippen LogP) is 1.56. The van der Waals surface area contributed by atoms with Gasteiger partial charge in [0.2, 0.25) is 15.6 Å². The molecule has 2 aliphatic rings. The van der Waals surface area contributed by atoms with Gasteiger partial charge in [0, 0.05) is 42.6 Å². The molecule has 2 saturated heterocycles. The van der Waals surface area contributed by atoms with Crippen molar-refractivity contribution in [1.82, 2.24) is 14.2 Å². The smallest absolute Gasteiger partial charge is 0.254 e. The number of aromatic nitrogens is 1. The molecule has 2 aromatic rings. The summed E-state index contributed by atoms with van der Waals surface area (Å²) in [4.78, 5) is 30.0. The van der Waals surface area contributed by atoms with E-state index in [9.17, 15) is 18.0 Å². The van der Waals surface area contributed by atoms with E-state index in [0.717, 1.165) is 19.3 Å². The van der Waals surface area contributed by atoms with Gasteiger partial charge in [-0.15, -0.1) is 0 Å². The maximum Gasteiger partial charge on any atom is 0.254 e. The number of carbonyl (C=O) groups excluding carboxylic acids is 1. The summed E-state index contributed by atoms with van der Waals surface area (Å²) in [6, 6.07) is 5.89. The molecule has 9 heteroatoms. The number of carbonyl (C=O) groups is 1. The third-order valence-electron chi connectivity index (χ3n) is 5.72. The number of sulfonamides is 1. The number of piperidine rings is 1. The average molecular weight is 420 g/mol. The first-order chi connectivity index (χ1) is 13.9. The lowest BCUT2D eigenvalue weighted by atomic mass is 10.0. The number of nitrogens with one attached hydrogen (secondary N) is 1. The molecule has 2 fully saturated rings. The Morgan fingerprint density at radius 3 is 2.62 bits per heavy atom. The van der Waals surface area contributed by atoms with E-state index in [4.69, 9.17) is 4.74 Å². The lowest BCUT2D eigenvalue weighted by molar-refractivity contribution is 0.0637. The van der Waals surface area contributed by atoms with Crippen molar-refractivity contribution in [3.8, 4) is 0 Å². The van der Waals surface area contributed by atoms with E-state index in [-0.39, 0.29) is 28.0 Å². The highest BCUT2D eigenvalue weighted by Gasteiger charge is 2.29. The minimum absolute atomic E-state index is 0.0888. The molecular weight excluding hydrogens is 394 g/mol. The monoisotopic (exact) mass is 419 g/mol. The topological polar surface area (TPSA) is 99.8 Å². The number of benzene rings is 1. The fourth-order valence-electron chi connectivity index (χ4n) is 4.06. The number of aromatic amines is 1. The Hall–Kier alpha value is -2.23. The van der Waals surface area contributed by atoms with Crippen LogP contribution in [0.4, 0.5) is 0 Å². The van der Waals surface area contributed by atoms with E-state index in [2.05, 4.69) is 4.98 Å². The van der Waals surface area contributed by atoms with Crippen LogP contribution in [0.3, 0.4) is 0 Å². The van der Waals surface area contributed by atoms with Gasteiger partial charge >= 0.3 is 0 Å². The number of amides is 1. The van der Waals surface area contributed by atoms with Gasteiger partial charge in [0.1, 0.15) is 0 Å². The summed E-state index contributed by atoms with van der Waals surface area (Å²) in [5, 5.41) is 0.446. The quantitative estimate of drug-likeness (QED) is 0.814. The molecule has 156 valence electrons. The van der Waals surface area contributed by atoms with Crippen molar-refractivity contribution in [2.24, 2.45) is 0 Å². The van der Waals surface area contributed by atoms with Crippen LogP contribution in [0.15, 0.2) is 34.0 Å². The average Bonchev–Trinajstić information content (AvgIpc) is 2.73. The number of pyridine rings is 1. The van der Waals surface area contributed by atoms with Crippen LogP contribution >= 0.6 is 0 Å². The second-order valence-corrected chi connectivity index (χ2v) is 9.55. The summed E-state index contributed by atoms with van der Waals surface area (Å²) >= 11 is 0. The zero-order chi connectivity index (χ0) is 20.6. The number of hydrogen-bond acceptors (Lipinski definition) is 5. The fraction of sp³-hybridized carbons (Fsp3) is 0.500. The molecule has 0 spiro atoms. The first kappa shape index (κ1) is 20.1. The van der Waals surface area contributed by atoms with Crippen LogP contribution in [-0.4, -0.2) is 67.4 Å². The van der Waals surface area contributed by atoms with E-state index < -0.39 is 10.0 Å². The Bertz CT molecular complexity index is 1090. The molecule has 3 heterocycles. The summed E-state index contributed by atoms with van der Waals surface area (Å²) in [6.45, 7) is 3.94. The Balaban J connectivity index is 1.79. The zero-order valence-electron chi connectivity index (χ0n) is 16.4. The first-order valence-corrected chi connectivity index (χ1v) is 11.4. The summed E-state index contributed by atoms with van der Waals surface area (Å²) in [7, 11) is -3.71. The number of rotatable bonds is 3. The summed E-state index contributed by atoms with van der Waals surface area (Å²) in [6.07, 6.45) is 2.92. The number of H-pyrrole nitrogens is 1. The van der Waals surface area contributed by atoms with Crippen molar-refractivity contribution in [2.75, 3.05) is 32.8 Å². The highest BCUT2D eigenvalue weighted by molar-refractivity contribution is 7.89. The molecule has 1 atom stereocenters. The lowest BCUT2D eigenvalue weighted by Crippen LogP contribution is -2.42. The van der Waals surface area contributed by atoms with Crippen molar-refractivity contribution in [3.05, 3.63) is 40.2 Å². The summed E-state index contributed by atoms with van der Waals surface area (Å²) in [5.41, 5.74) is 0.317. The van der Waals surface area contributed by atoms with Gasteiger partial charge in [-0.2, -0.15) is 4.31 Å². The number of morpholine rings is 1. The molecule has 1 unspecified atom stereocenters. The van der Waals surface area contributed by atoms with E-state index >= 15 is 0 Å². The van der Waals surface area contributed by atoms with Gasteiger partial charge in [0.15, 0.2) is 0 Å². The van der Waals surface area contributed by atoms with Crippen LogP contribution < -0.4 is 5.56 Å². The molecule has 1 N–H and O–H groups in total. The lowest BCUT2D eigenvalue weighted by Gasteiger charge is -2.33. The molecule has 2 aliphatic heterocycles. The third-order valence-corrected chi connectivity index (χ3v) is 7.61. The van der Waals surface area contributed by atoms with E-state index in [0.29, 0.717) is 43.8 Å². The van der Waals surface area contributed by atoms with E-state index in [1.807, 2.05) is 6.92 Å². The molecule has 4 rings (SSSR count).